The molecule has 0 aliphatic heterocycles. The van der Waals surface area contributed by atoms with E-state index in [0.29, 0.717) is 18.0 Å². The van der Waals surface area contributed by atoms with Crippen LogP contribution in [0.15, 0.2) is 36.4 Å². The van der Waals surface area contributed by atoms with E-state index in [-0.39, 0.29) is 5.91 Å². The van der Waals surface area contributed by atoms with Gasteiger partial charge in [0.2, 0.25) is 5.91 Å². The van der Waals surface area contributed by atoms with Crippen molar-refractivity contribution < 1.29 is 14.3 Å². The number of methoxy groups -OCH3 is 2. The van der Waals surface area contributed by atoms with Gasteiger partial charge in [-0.3, -0.25) is 4.79 Å². The van der Waals surface area contributed by atoms with Crippen molar-refractivity contribution in [1.82, 2.24) is 4.98 Å². The molecule has 0 aliphatic carbocycles. The Hall–Kier alpha value is -2.60. The van der Waals surface area contributed by atoms with Crippen LogP contribution in [0, 0.1) is 6.92 Å². The highest BCUT2D eigenvalue weighted by molar-refractivity contribution is 7.22. The normalized spacial score (nSPS) is 10.7. The van der Waals surface area contributed by atoms with Crippen molar-refractivity contribution in [2.45, 2.75) is 19.8 Å². The Morgan fingerprint density at radius 2 is 1.84 bits per heavy atom. The highest BCUT2D eigenvalue weighted by Crippen LogP contribution is 2.27. The van der Waals surface area contributed by atoms with Crippen LogP contribution in [0.2, 0.25) is 0 Å². The van der Waals surface area contributed by atoms with Crippen LogP contribution < -0.4 is 14.8 Å². The number of benzene rings is 2. The third-order valence-electron chi connectivity index (χ3n) is 3.84. The Kier molecular flexibility index (Phi) is 5.19. The molecule has 3 aromatic rings. The molecule has 0 atom stereocenters. The molecule has 3 rings (SSSR count). The van der Waals surface area contributed by atoms with Crippen molar-refractivity contribution in [3.8, 4) is 11.5 Å². The predicted molar refractivity (Wildman–Crippen MR) is 101 cm³/mol. The third-order valence-corrected chi connectivity index (χ3v) is 4.78. The summed E-state index contributed by atoms with van der Waals surface area (Å²) in [6.45, 7) is 2.04. The lowest BCUT2D eigenvalue weighted by molar-refractivity contribution is -0.116. The second-order valence-corrected chi connectivity index (χ2v) is 6.79. The fourth-order valence-electron chi connectivity index (χ4n) is 2.54. The van der Waals surface area contributed by atoms with Crippen LogP contribution in [0.25, 0.3) is 10.2 Å². The van der Waals surface area contributed by atoms with Crippen molar-refractivity contribution in [1.29, 1.82) is 0 Å². The van der Waals surface area contributed by atoms with Gasteiger partial charge in [0, 0.05) is 12.5 Å². The number of nitrogens with zero attached hydrogens (tertiary/aromatic N) is 1. The number of nitrogens with one attached hydrogen (secondary N) is 1. The van der Waals surface area contributed by atoms with Gasteiger partial charge in [-0.15, -0.1) is 0 Å². The molecule has 6 heteroatoms. The van der Waals surface area contributed by atoms with E-state index in [1.54, 1.807) is 14.2 Å². The van der Waals surface area contributed by atoms with E-state index in [2.05, 4.69) is 16.4 Å². The number of fused-ring (bicyclic) bond motifs is 1. The Morgan fingerprint density at radius 1 is 1.12 bits per heavy atom. The van der Waals surface area contributed by atoms with Crippen molar-refractivity contribution >= 4 is 32.6 Å². The molecule has 5 nitrogen and oxygen atoms in total. The first-order valence-corrected chi connectivity index (χ1v) is 8.78. The number of thiazole rings is 1. The maximum atomic E-state index is 12.2. The van der Waals surface area contributed by atoms with E-state index in [4.69, 9.17) is 9.47 Å². The van der Waals surface area contributed by atoms with Crippen LogP contribution in [-0.4, -0.2) is 25.1 Å². The molecule has 130 valence electrons. The van der Waals surface area contributed by atoms with Crippen LogP contribution in [0.1, 0.15) is 17.5 Å². The number of anilines is 1. The number of aromatic nitrogens is 1. The number of rotatable bonds is 6. The van der Waals surface area contributed by atoms with Gasteiger partial charge in [-0.05, 0) is 48.7 Å². The van der Waals surface area contributed by atoms with Crippen LogP contribution in [-0.2, 0) is 11.2 Å². The van der Waals surface area contributed by atoms with Crippen LogP contribution >= 0.6 is 11.3 Å². The third kappa shape index (κ3) is 4.28. The van der Waals surface area contributed by atoms with Gasteiger partial charge in [-0.1, -0.05) is 17.4 Å². The second-order valence-electron chi connectivity index (χ2n) is 5.76. The molecule has 25 heavy (non-hydrogen) atoms. The van der Waals surface area contributed by atoms with Gasteiger partial charge in [0.1, 0.15) is 11.5 Å². The van der Waals surface area contributed by atoms with E-state index in [9.17, 15) is 4.79 Å². The fraction of sp³-hybridized carbons (Fsp3) is 0.263. The number of amides is 1. The molecular weight excluding hydrogens is 336 g/mol. The molecule has 0 unspecified atom stereocenters. The number of hydrogen-bond acceptors (Lipinski definition) is 5. The van der Waals surface area contributed by atoms with Crippen LogP contribution in [0.4, 0.5) is 5.13 Å². The molecule has 1 amide bonds. The van der Waals surface area contributed by atoms with Gasteiger partial charge >= 0.3 is 0 Å². The molecule has 1 heterocycles. The quantitative estimate of drug-likeness (QED) is 0.719. The molecule has 0 spiro atoms. The maximum Gasteiger partial charge on any atom is 0.226 e. The largest absolute Gasteiger partial charge is 0.497 e. The average molecular weight is 356 g/mol. The summed E-state index contributed by atoms with van der Waals surface area (Å²) in [7, 11) is 3.22. The molecule has 0 aliphatic rings. The van der Waals surface area contributed by atoms with E-state index < -0.39 is 0 Å². The lowest BCUT2D eigenvalue weighted by Crippen LogP contribution is -2.12. The van der Waals surface area contributed by atoms with Gasteiger partial charge in [-0.25, -0.2) is 4.98 Å². The zero-order chi connectivity index (χ0) is 17.8. The molecule has 2 aromatic carbocycles. The minimum absolute atomic E-state index is 0.0578. The average Bonchev–Trinajstić information content (AvgIpc) is 3.00. The zero-order valence-corrected chi connectivity index (χ0v) is 15.3. The number of carbonyl (C=O) groups excluding carboxylic acids is 1. The van der Waals surface area contributed by atoms with Crippen molar-refractivity contribution in [3.05, 3.63) is 47.5 Å². The fourth-order valence-corrected chi connectivity index (χ4v) is 3.52. The Morgan fingerprint density at radius 3 is 2.52 bits per heavy atom. The van der Waals surface area contributed by atoms with E-state index in [1.165, 1.54) is 16.9 Å². The van der Waals surface area contributed by atoms with Gasteiger partial charge in [0.05, 0.1) is 24.4 Å². The monoisotopic (exact) mass is 356 g/mol. The summed E-state index contributed by atoms with van der Waals surface area (Å²) >= 11 is 1.49. The first-order valence-electron chi connectivity index (χ1n) is 7.96. The predicted octanol–water partition coefficient (Wildman–Crippen LogP) is 4.19. The van der Waals surface area contributed by atoms with Crippen molar-refractivity contribution in [2.24, 2.45) is 0 Å². The number of carbonyl (C=O) groups is 1. The summed E-state index contributed by atoms with van der Waals surface area (Å²) in [5.74, 6) is 1.38. The molecule has 0 radical (unpaired) electrons. The summed E-state index contributed by atoms with van der Waals surface area (Å²) in [6, 6.07) is 11.7. The second kappa shape index (κ2) is 7.53. The summed E-state index contributed by atoms with van der Waals surface area (Å²) in [6.07, 6.45) is 0.967. The van der Waals surface area contributed by atoms with Gasteiger partial charge in [-0.2, -0.15) is 0 Å². The maximum absolute atomic E-state index is 12.2. The smallest absolute Gasteiger partial charge is 0.226 e. The van der Waals surface area contributed by atoms with Crippen molar-refractivity contribution in [3.63, 3.8) is 0 Å². The highest BCUT2D eigenvalue weighted by Gasteiger charge is 2.09. The molecule has 0 bridgehead atoms. The summed E-state index contributed by atoms with van der Waals surface area (Å²) < 4.78 is 11.6. The van der Waals surface area contributed by atoms with Crippen LogP contribution in [0.5, 0.6) is 11.5 Å². The zero-order valence-electron chi connectivity index (χ0n) is 14.5. The Labute approximate surface area is 150 Å². The Bertz CT molecular complexity index is 883. The summed E-state index contributed by atoms with van der Waals surface area (Å²) in [5.41, 5.74) is 3.08. The standard InChI is InChI=1S/C19H20N2O3S/c1-12-4-6-16-17(8-12)25-19(20-16)21-18(22)7-5-13-9-14(23-2)11-15(10-13)24-3/h4,6,8-11H,5,7H2,1-3H3,(H,20,21,22). The topological polar surface area (TPSA) is 60.5 Å². The number of ether oxygens (including phenoxy) is 2. The molecule has 0 saturated heterocycles. The highest BCUT2D eigenvalue weighted by atomic mass is 32.1. The van der Waals surface area contributed by atoms with Crippen LogP contribution in [0.3, 0.4) is 0 Å². The lowest BCUT2D eigenvalue weighted by Gasteiger charge is -2.08. The summed E-state index contributed by atoms with van der Waals surface area (Å²) in [5, 5.41) is 3.52. The first kappa shape index (κ1) is 17.2. The minimum atomic E-state index is -0.0578. The molecular formula is C19H20N2O3S. The molecule has 0 saturated carbocycles. The van der Waals surface area contributed by atoms with Gasteiger partial charge < -0.3 is 14.8 Å². The minimum Gasteiger partial charge on any atom is -0.497 e. The van der Waals surface area contributed by atoms with Gasteiger partial charge in [0.15, 0.2) is 5.13 Å². The molecule has 1 aromatic heterocycles. The molecule has 1 N–H and O–H groups in total. The van der Waals surface area contributed by atoms with Crippen molar-refractivity contribution in [2.75, 3.05) is 19.5 Å². The van der Waals surface area contributed by atoms with E-state index in [0.717, 1.165) is 27.3 Å². The van der Waals surface area contributed by atoms with Gasteiger partial charge in [0.25, 0.3) is 0 Å². The first-order chi connectivity index (χ1) is 12.1. The summed E-state index contributed by atoms with van der Waals surface area (Å²) in [4.78, 5) is 16.7. The Balaban J connectivity index is 1.64. The lowest BCUT2D eigenvalue weighted by atomic mass is 10.1. The van der Waals surface area contributed by atoms with E-state index >= 15 is 0 Å². The van der Waals surface area contributed by atoms with E-state index in [1.807, 2.05) is 37.3 Å². The SMILES string of the molecule is COc1cc(CCC(=O)Nc2nc3ccc(C)cc3s2)cc(OC)c1. The number of aryl methyl sites for hydroxylation is 2. The number of hydrogen-bond donors (Lipinski definition) is 1. The molecule has 0 fully saturated rings.